The van der Waals surface area contributed by atoms with Gasteiger partial charge in [-0.3, -0.25) is 0 Å². The van der Waals surface area contributed by atoms with E-state index in [1.54, 1.807) is 36.4 Å². The molecule has 3 aromatic carbocycles. The SMILES string of the molecule is CC(C)(C)c1ccccc1C(=O)Oc1cccc(OC(=O)c2ccccc2C(C)(C)C)c1. The van der Waals surface area contributed by atoms with Gasteiger partial charge in [0.1, 0.15) is 11.5 Å². The van der Waals surface area contributed by atoms with Gasteiger partial charge >= 0.3 is 11.9 Å². The highest BCUT2D eigenvalue weighted by Crippen LogP contribution is 2.29. The van der Waals surface area contributed by atoms with E-state index in [2.05, 4.69) is 41.5 Å². The number of carbonyl (C=O) groups excluding carboxylic acids is 2. The van der Waals surface area contributed by atoms with E-state index in [9.17, 15) is 9.59 Å². The van der Waals surface area contributed by atoms with Gasteiger partial charge in [0, 0.05) is 6.07 Å². The molecule has 3 aromatic rings. The lowest BCUT2D eigenvalue weighted by Crippen LogP contribution is -2.20. The summed E-state index contributed by atoms with van der Waals surface area (Å²) in [6, 6.07) is 21.4. The van der Waals surface area contributed by atoms with Crippen LogP contribution < -0.4 is 9.47 Å². The summed E-state index contributed by atoms with van der Waals surface area (Å²) in [5.74, 6) is -0.268. The fraction of sp³-hybridized carbons (Fsp3) is 0.286. The first-order valence-electron chi connectivity index (χ1n) is 10.7. The molecule has 4 nitrogen and oxygen atoms in total. The topological polar surface area (TPSA) is 52.6 Å². The number of hydrogen-bond donors (Lipinski definition) is 0. The summed E-state index contributed by atoms with van der Waals surface area (Å²) >= 11 is 0. The molecule has 0 saturated heterocycles. The Bertz CT molecular complexity index is 1040. The molecule has 32 heavy (non-hydrogen) atoms. The highest BCUT2D eigenvalue weighted by molar-refractivity contribution is 5.94. The van der Waals surface area contributed by atoms with E-state index in [-0.39, 0.29) is 10.8 Å². The van der Waals surface area contributed by atoms with Crippen molar-refractivity contribution in [3.63, 3.8) is 0 Å². The third-order valence-electron chi connectivity index (χ3n) is 5.14. The highest BCUT2D eigenvalue weighted by Gasteiger charge is 2.24. The maximum atomic E-state index is 12.9. The van der Waals surface area contributed by atoms with Crippen molar-refractivity contribution in [2.75, 3.05) is 0 Å². The van der Waals surface area contributed by atoms with Gasteiger partial charge in [-0.05, 0) is 46.2 Å². The van der Waals surface area contributed by atoms with Crippen LogP contribution in [0.25, 0.3) is 0 Å². The zero-order valence-electron chi connectivity index (χ0n) is 19.6. The third-order valence-corrected chi connectivity index (χ3v) is 5.14. The Labute approximate surface area is 190 Å². The van der Waals surface area contributed by atoms with E-state index >= 15 is 0 Å². The molecular formula is C28H30O4. The predicted molar refractivity (Wildman–Crippen MR) is 127 cm³/mol. The number of benzene rings is 3. The van der Waals surface area contributed by atoms with E-state index in [4.69, 9.17) is 9.47 Å². The fourth-order valence-electron chi connectivity index (χ4n) is 3.56. The number of ether oxygens (including phenoxy) is 2. The first-order chi connectivity index (χ1) is 15.0. The zero-order valence-corrected chi connectivity index (χ0v) is 19.6. The molecule has 0 unspecified atom stereocenters. The second-order valence-corrected chi connectivity index (χ2v) is 9.85. The molecule has 0 fully saturated rings. The van der Waals surface area contributed by atoms with E-state index in [1.165, 1.54) is 0 Å². The van der Waals surface area contributed by atoms with Crippen LogP contribution in [0.15, 0.2) is 72.8 Å². The van der Waals surface area contributed by atoms with Crippen molar-refractivity contribution in [1.82, 2.24) is 0 Å². The number of carbonyl (C=O) groups is 2. The van der Waals surface area contributed by atoms with Crippen molar-refractivity contribution in [2.24, 2.45) is 0 Å². The second-order valence-electron chi connectivity index (χ2n) is 9.85. The van der Waals surface area contributed by atoms with Crippen LogP contribution in [0.1, 0.15) is 73.4 Å². The standard InChI is InChI=1S/C28H30O4/c1-27(2,3)23-16-9-7-14-21(23)25(29)31-19-12-11-13-20(18-19)32-26(30)22-15-8-10-17-24(22)28(4,5)6/h7-18H,1-6H3. The first-order valence-corrected chi connectivity index (χ1v) is 10.7. The van der Waals surface area contributed by atoms with Crippen molar-refractivity contribution in [3.05, 3.63) is 95.1 Å². The van der Waals surface area contributed by atoms with Crippen molar-refractivity contribution in [3.8, 4) is 11.5 Å². The lowest BCUT2D eigenvalue weighted by atomic mass is 9.84. The molecule has 0 N–H and O–H groups in total. The van der Waals surface area contributed by atoms with Crippen LogP contribution in [-0.4, -0.2) is 11.9 Å². The Morgan fingerprint density at radius 1 is 0.562 bits per heavy atom. The van der Waals surface area contributed by atoms with Gasteiger partial charge in [-0.25, -0.2) is 9.59 Å². The molecular weight excluding hydrogens is 400 g/mol. The van der Waals surface area contributed by atoms with Crippen LogP contribution in [0.5, 0.6) is 11.5 Å². The molecule has 0 bridgehead atoms. The van der Waals surface area contributed by atoms with Gasteiger partial charge in [0.15, 0.2) is 0 Å². The largest absolute Gasteiger partial charge is 0.423 e. The average Bonchev–Trinajstić information content (AvgIpc) is 2.73. The summed E-state index contributed by atoms with van der Waals surface area (Å²) in [4.78, 5) is 25.7. The maximum Gasteiger partial charge on any atom is 0.343 e. The normalized spacial score (nSPS) is 11.7. The van der Waals surface area contributed by atoms with E-state index in [0.29, 0.717) is 22.6 Å². The monoisotopic (exact) mass is 430 g/mol. The van der Waals surface area contributed by atoms with Gasteiger partial charge in [0.25, 0.3) is 0 Å². The minimum atomic E-state index is -0.447. The molecule has 0 aromatic heterocycles. The Balaban J connectivity index is 1.81. The highest BCUT2D eigenvalue weighted by atomic mass is 16.5. The quantitative estimate of drug-likeness (QED) is 0.340. The molecule has 0 radical (unpaired) electrons. The van der Waals surface area contributed by atoms with E-state index < -0.39 is 11.9 Å². The molecule has 166 valence electrons. The summed E-state index contributed by atoms with van der Waals surface area (Å²) in [5.41, 5.74) is 2.45. The Hall–Kier alpha value is -3.40. The molecule has 0 aliphatic carbocycles. The molecule has 0 atom stereocenters. The summed E-state index contributed by atoms with van der Waals surface area (Å²) in [5, 5.41) is 0. The van der Waals surface area contributed by atoms with Crippen molar-refractivity contribution < 1.29 is 19.1 Å². The summed E-state index contributed by atoms with van der Waals surface area (Å²) in [7, 11) is 0. The molecule has 0 aliphatic heterocycles. The van der Waals surface area contributed by atoms with Gasteiger partial charge in [0.2, 0.25) is 0 Å². The minimum absolute atomic E-state index is 0.201. The van der Waals surface area contributed by atoms with Crippen LogP contribution in [0.3, 0.4) is 0 Å². The van der Waals surface area contributed by atoms with Crippen LogP contribution in [0, 0.1) is 0 Å². The zero-order chi connectivity index (χ0) is 23.5. The van der Waals surface area contributed by atoms with Crippen LogP contribution in [-0.2, 0) is 10.8 Å². The van der Waals surface area contributed by atoms with Crippen LogP contribution in [0.2, 0.25) is 0 Å². The average molecular weight is 431 g/mol. The Morgan fingerprint density at radius 3 is 1.31 bits per heavy atom. The fourth-order valence-corrected chi connectivity index (χ4v) is 3.56. The van der Waals surface area contributed by atoms with Crippen LogP contribution >= 0.6 is 0 Å². The molecule has 0 saturated carbocycles. The van der Waals surface area contributed by atoms with Gasteiger partial charge in [-0.15, -0.1) is 0 Å². The van der Waals surface area contributed by atoms with Gasteiger partial charge in [-0.1, -0.05) is 84.0 Å². The van der Waals surface area contributed by atoms with Crippen LogP contribution in [0.4, 0.5) is 0 Å². The Kier molecular flexibility index (Phi) is 6.54. The number of esters is 2. The van der Waals surface area contributed by atoms with Crippen molar-refractivity contribution >= 4 is 11.9 Å². The molecule has 3 rings (SSSR count). The van der Waals surface area contributed by atoms with Gasteiger partial charge < -0.3 is 9.47 Å². The van der Waals surface area contributed by atoms with Crippen molar-refractivity contribution in [1.29, 1.82) is 0 Å². The van der Waals surface area contributed by atoms with Gasteiger partial charge in [-0.2, -0.15) is 0 Å². The van der Waals surface area contributed by atoms with E-state index in [0.717, 1.165) is 11.1 Å². The number of rotatable bonds is 4. The lowest BCUT2D eigenvalue weighted by Gasteiger charge is -2.22. The minimum Gasteiger partial charge on any atom is -0.423 e. The first kappa shape index (κ1) is 23.3. The molecule has 0 spiro atoms. The summed E-state index contributed by atoms with van der Waals surface area (Å²) in [6.07, 6.45) is 0. The maximum absolute atomic E-state index is 12.9. The molecule has 0 amide bonds. The smallest absolute Gasteiger partial charge is 0.343 e. The van der Waals surface area contributed by atoms with E-state index in [1.807, 2.05) is 36.4 Å². The number of hydrogen-bond acceptors (Lipinski definition) is 4. The lowest BCUT2D eigenvalue weighted by molar-refractivity contribution is 0.0730. The van der Waals surface area contributed by atoms with Gasteiger partial charge in [0.05, 0.1) is 11.1 Å². The predicted octanol–water partition coefficient (Wildman–Crippen LogP) is 6.72. The van der Waals surface area contributed by atoms with Crippen molar-refractivity contribution in [2.45, 2.75) is 52.4 Å². The molecule has 4 heteroatoms. The second kappa shape index (κ2) is 8.99. The molecule has 0 aliphatic rings. The Morgan fingerprint density at radius 2 is 0.938 bits per heavy atom. The molecule has 0 heterocycles. The third kappa shape index (κ3) is 5.44. The summed E-state index contributed by atoms with van der Waals surface area (Å²) < 4.78 is 11.2. The summed E-state index contributed by atoms with van der Waals surface area (Å²) in [6.45, 7) is 12.3.